The number of rotatable bonds is 5. The van der Waals surface area contributed by atoms with E-state index in [0.717, 1.165) is 35.7 Å². The Kier molecular flexibility index (Phi) is 4.89. The number of nitrogens with one attached hydrogen (secondary N) is 1. The maximum absolute atomic E-state index is 4.71. The van der Waals surface area contributed by atoms with Gasteiger partial charge in [-0.15, -0.1) is 0 Å². The predicted octanol–water partition coefficient (Wildman–Crippen LogP) is 4.10. The molecule has 2 aromatic heterocycles. The Hall–Kier alpha value is -1.97. The van der Waals surface area contributed by atoms with Gasteiger partial charge >= 0.3 is 0 Å². The van der Waals surface area contributed by atoms with Crippen LogP contribution in [0.15, 0.2) is 18.3 Å². The molecule has 0 saturated heterocycles. The molecule has 21 heavy (non-hydrogen) atoms. The van der Waals surface area contributed by atoms with E-state index in [9.17, 15) is 0 Å². The Morgan fingerprint density at radius 3 is 2.48 bits per heavy atom. The van der Waals surface area contributed by atoms with E-state index < -0.39 is 0 Å². The van der Waals surface area contributed by atoms with Crippen LogP contribution in [0.25, 0.3) is 11.5 Å². The lowest BCUT2D eigenvalue weighted by atomic mass is 10.0. The summed E-state index contributed by atoms with van der Waals surface area (Å²) in [4.78, 5) is 13.8. The predicted molar refractivity (Wildman–Crippen MR) is 87.6 cm³/mol. The van der Waals surface area contributed by atoms with Crippen LogP contribution < -0.4 is 5.32 Å². The van der Waals surface area contributed by atoms with Crippen LogP contribution in [0, 0.1) is 13.8 Å². The third-order valence-electron chi connectivity index (χ3n) is 3.40. The summed E-state index contributed by atoms with van der Waals surface area (Å²) in [5, 5.41) is 3.43. The van der Waals surface area contributed by atoms with Crippen LogP contribution in [0.1, 0.15) is 49.9 Å². The second kappa shape index (κ2) is 6.66. The summed E-state index contributed by atoms with van der Waals surface area (Å²) in [6.45, 7) is 11.5. The highest BCUT2D eigenvalue weighted by Crippen LogP contribution is 2.27. The fourth-order valence-corrected chi connectivity index (χ4v) is 2.37. The molecular weight excluding hydrogens is 260 g/mol. The summed E-state index contributed by atoms with van der Waals surface area (Å²) in [6, 6.07) is 4.01. The molecule has 4 nitrogen and oxygen atoms in total. The fourth-order valence-electron chi connectivity index (χ4n) is 2.37. The van der Waals surface area contributed by atoms with Crippen molar-refractivity contribution in [3.05, 3.63) is 35.2 Å². The van der Waals surface area contributed by atoms with E-state index in [2.05, 4.69) is 36.1 Å². The molecule has 0 saturated carbocycles. The van der Waals surface area contributed by atoms with E-state index in [4.69, 9.17) is 4.98 Å². The Labute approximate surface area is 127 Å². The standard InChI is InChI=1S/C17H24N4/c1-6-9-18-17-15(11(2)3)13(5)20-16(21-17)14-8-7-12(4)10-19-14/h7-8,10-11H,6,9H2,1-5H3,(H,18,20,21). The van der Waals surface area contributed by atoms with Crippen molar-refractivity contribution in [1.29, 1.82) is 0 Å². The van der Waals surface area contributed by atoms with E-state index in [1.54, 1.807) is 0 Å². The molecule has 0 bridgehead atoms. The molecule has 2 aromatic rings. The average molecular weight is 284 g/mol. The van der Waals surface area contributed by atoms with Crippen molar-refractivity contribution >= 4 is 5.82 Å². The number of aryl methyl sites for hydroxylation is 2. The molecule has 0 unspecified atom stereocenters. The molecule has 2 heterocycles. The molecule has 0 aromatic carbocycles. The first-order valence-electron chi connectivity index (χ1n) is 7.58. The minimum atomic E-state index is 0.393. The average Bonchev–Trinajstić information content (AvgIpc) is 2.44. The first-order valence-corrected chi connectivity index (χ1v) is 7.58. The molecule has 0 aliphatic heterocycles. The van der Waals surface area contributed by atoms with Crippen molar-refractivity contribution in [2.45, 2.75) is 47.0 Å². The summed E-state index contributed by atoms with van der Waals surface area (Å²) in [6.07, 6.45) is 2.92. The van der Waals surface area contributed by atoms with Crippen molar-refractivity contribution in [1.82, 2.24) is 15.0 Å². The largest absolute Gasteiger partial charge is 0.370 e. The first kappa shape index (κ1) is 15.4. The van der Waals surface area contributed by atoms with Gasteiger partial charge < -0.3 is 5.32 Å². The molecule has 112 valence electrons. The van der Waals surface area contributed by atoms with E-state index in [1.807, 2.05) is 32.2 Å². The van der Waals surface area contributed by atoms with Crippen LogP contribution in [0.3, 0.4) is 0 Å². The summed E-state index contributed by atoms with van der Waals surface area (Å²) in [7, 11) is 0. The minimum absolute atomic E-state index is 0.393. The lowest BCUT2D eigenvalue weighted by molar-refractivity contribution is 0.826. The van der Waals surface area contributed by atoms with Crippen LogP contribution in [-0.2, 0) is 0 Å². The molecule has 1 N–H and O–H groups in total. The second-order valence-electron chi connectivity index (χ2n) is 5.70. The van der Waals surface area contributed by atoms with Crippen molar-refractivity contribution in [2.75, 3.05) is 11.9 Å². The van der Waals surface area contributed by atoms with Gasteiger partial charge in [0.1, 0.15) is 11.5 Å². The maximum Gasteiger partial charge on any atom is 0.180 e. The van der Waals surface area contributed by atoms with E-state index >= 15 is 0 Å². The lowest BCUT2D eigenvalue weighted by Crippen LogP contribution is -2.11. The van der Waals surface area contributed by atoms with Crippen LogP contribution in [0.5, 0.6) is 0 Å². The van der Waals surface area contributed by atoms with Gasteiger partial charge in [-0.05, 0) is 37.8 Å². The van der Waals surface area contributed by atoms with Crippen molar-refractivity contribution in [2.24, 2.45) is 0 Å². The zero-order valence-corrected chi connectivity index (χ0v) is 13.6. The van der Waals surface area contributed by atoms with Crippen LogP contribution in [0.4, 0.5) is 5.82 Å². The van der Waals surface area contributed by atoms with Gasteiger partial charge in [0.25, 0.3) is 0 Å². The van der Waals surface area contributed by atoms with E-state index in [-0.39, 0.29) is 0 Å². The Bertz CT molecular complexity index is 603. The van der Waals surface area contributed by atoms with Crippen LogP contribution in [0.2, 0.25) is 0 Å². The highest BCUT2D eigenvalue weighted by atomic mass is 15.0. The highest BCUT2D eigenvalue weighted by molar-refractivity contribution is 5.57. The summed E-state index contributed by atoms with van der Waals surface area (Å²) in [5.74, 6) is 2.02. The summed E-state index contributed by atoms with van der Waals surface area (Å²) in [5.41, 5.74) is 4.17. The van der Waals surface area contributed by atoms with Gasteiger partial charge in [-0.1, -0.05) is 26.8 Å². The van der Waals surface area contributed by atoms with Crippen molar-refractivity contribution in [3.8, 4) is 11.5 Å². The molecular formula is C17H24N4. The second-order valence-corrected chi connectivity index (χ2v) is 5.70. The van der Waals surface area contributed by atoms with Gasteiger partial charge in [0.15, 0.2) is 5.82 Å². The molecule has 0 radical (unpaired) electrons. The number of hydrogen-bond donors (Lipinski definition) is 1. The van der Waals surface area contributed by atoms with Crippen molar-refractivity contribution in [3.63, 3.8) is 0 Å². The molecule has 4 heteroatoms. The Balaban J connectivity index is 2.48. The number of nitrogens with zero attached hydrogens (tertiary/aromatic N) is 3. The maximum atomic E-state index is 4.71. The number of aromatic nitrogens is 3. The fraction of sp³-hybridized carbons (Fsp3) is 0.471. The number of pyridine rings is 1. The smallest absolute Gasteiger partial charge is 0.180 e. The highest BCUT2D eigenvalue weighted by Gasteiger charge is 2.15. The molecule has 0 amide bonds. The number of hydrogen-bond acceptors (Lipinski definition) is 4. The van der Waals surface area contributed by atoms with Crippen LogP contribution >= 0.6 is 0 Å². The quantitative estimate of drug-likeness (QED) is 0.898. The van der Waals surface area contributed by atoms with Gasteiger partial charge in [0.2, 0.25) is 0 Å². The van der Waals surface area contributed by atoms with Gasteiger partial charge in [-0.25, -0.2) is 9.97 Å². The first-order chi connectivity index (χ1) is 10.0. The normalized spacial score (nSPS) is 11.0. The van der Waals surface area contributed by atoms with Crippen LogP contribution in [-0.4, -0.2) is 21.5 Å². The summed E-state index contributed by atoms with van der Waals surface area (Å²) < 4.78 is 0. The van der Waals surface area contributed by atoms with E-state index in [1.165, 1.54) is 5.56 Å². The topological polar surface area (TPSA) is 50.7 Å². The van der Waals surface area contributed by atoms with Gasteiger partial charge in [0.05, 0.1) is 0 Å². The lowest BCUT2D eigenvalue weighted by Gasteiger charge is -2.17. The Morgan fingerprint density at radius 1 is 1.14 bits per heavy atom. The minimum Gasteiger partial charge on any atom is -0.370 e. The van der Waals surface area contributed by atoms with Crippen molar-refractivity contribution < 1.29 is 0 Å². The van der Waals surface area contributed by atoms with E-state index in [0.29, 0.717) is 11.7 Å². The molecule has 0 spiro atoms. The molecule has 2 rings (SSSR count). The Morgan fingerprint density at radius 2 is 1.90 bits per heavy atom. The molecule has 0 fully saturated rings. The molecule has 0 atom stereocenters. The zero-order valence-electron chi connectivity index (χ0n) is 13.6. The SMILES string of the molecule is CCCNc1nc(-c2ccc(C)cn2)nc(C)c1C(C)C. The van der Waals surface area contributed by atoms with Gasteiger partial charge in [-0.3, -0.25) is 4.98 Å². The van der Waals surface area contributed by atoms with Gasteiger partial charge in [0, 0.05) is 24.0 Å². The molecule has 0 aliphatic rings. The summed E-state index contributed by atoms with van der Waals surface area (Å²) >= 11 is 0. The molecule has 0 aliphatic carbocycles. The third-order valence-corrected chi connectivity index (χ3v) is 3.40. The zero-order chi connectivity index (χ0) is 15.4. The van der Waals surface area contributed by atoms with Gasteiger partial charge in [-0.2, -0.15) is 0 Å². The monoisotopic (exact) mass is 284 g/mol. The number of anilines is 1. The third kappa shape index (κ3) is 3.57.